The minimum absolute atomic E-state index is 0. The molecular weight excluding hydrogens is 271 g/mol. The van der Waals surface area contributed by atoms with E-state index in [-0.39, 0.29) is 18.3 Å². The van der Waals surface area contributed by atoms with Gasteiger partial charge < -0.3 is 9.67 Å². The standard InChI is InChI=1S/C8H9BrN2O2.ClH/c9-6-4-10-7-3-5(8(12)13)1-2-11(6)7;/h4-5H,1-3H2,(H,12,13);1H. The zero-order chi connectivity index (χ0) is 9.42. The first-order chi connectivity index (χ1) is 6.18. The van der Waals surface area contributed by atoms with Crippen LogP contribution in [0.3, 0.4) is 0 Å². The summed E-state index contributed by atoms with van der Waals surface area (Å²) in [6, 6.07) is 0. The van der Waals surface area contributed by atoms with E-state index in [1.54, 1.807) is 6.20 Å². The van der Waals surface area contributed by atoms with E-state index in [0.29, 0.717) is 12.8 Å². The number of aromatic nitrogens is 2. The number of nitrogens with zero attached hydrogens (tertiary/aromatic N) is 2. The van der Waals surface area contributed by atoms with Gasteiger partial charge in [-0.2, -0.15) is 0 Å². The van der Waals surface area contributed by atoms with E-state index in [1.165, 1.54) is 0 Å². The Kier molecular flexibility index (Phi) is 3.55. The van der Waals surface area contributed by atoms with Gasteiger partial charge in [0.1, 0.15) is 10.4 Å². The van der Waals surface area contributed by atoms with Crippen LogP contribution in [0.2, 0.25) is 0 Å². The Morgan fingerprint density at radius 1 is 1.71 bits per heavy atom. The molecule has 2 heterocycles. The summed E-state index contributed by atoms with van der Waals surface area (Å²) >= 11 is 3.36. The quantitative estimate of drug-likeness (QED) is 0.853. The first-order valence-corrected chi connectivity index (χ1v) is 4.90. The van der Waals surface area contributed by atoms with E-state index in [4.69, 9.17) is 5.11 Å². The maximum atomic E-state index is 10.7. The van der Waals surface area contributed by atoms with Crippen molar-refractivity contribution >= 4 is 34.3 Å². The molecule has 0 radical (unpaired) electrons. The van der Waals surface area contributed by atoms with Crippen molar-refractivity contribution in [3.63, 3.8) is 0 Å². The van der Waals surface area contributed by atoms with Gasteiger partial charge in [0.15, 0.2) is 0 Å². The molecule has 0 spiro atoms. The summed E-state index contributed by atoms with van der Waals surface area (Å²) in [6.07, 6.45) is 2.96. The molecule has 0 aromatic carbocycles. The summed E-state index contributed by atoms with van der Waals surface area (Å²) in [6.45, 7) is 0.743. The number of carbonyl (C=O) groups is 1. The van der Waals surface area contributed by atoms with Crippen LogP contribution in [-0.4, -0.2) is 20.6 Å². The third-order valence-corrected chi connectivity index (χ3v) is 3.00. The smallest absolute Gasteiger partial charge is 0.307 e. The van der Waals surface area contributed by atoms with Crippen molar-refractivity contribution in [2.45, 2.75) is 19.4 Å². The molecule has 0 fully saturated rings. The normalized spacial score (nSPS) is 19.6. The first-order valence-electron chi connectivity index (χ1n) is 4.11. The van der Waals surface area contributed by atoms with Gasteiger partial charge in [0.05, 0.1) is 12.1 Å². The van der Waals surface area contributed by atoms with Gasteiger partial charge in [-0.3, -0.25) is 4.79 Å². The van der Waals surface area contributed by atoms with Crippen LogP contribution in [0, 0.1) is 5.92 Å². The van der Waals surface area contributed by atoms with Crippen LogP contribution in [0.15, 0.2) is 10.8 Å². The van der Waals surface area contributed by atoms with Crippen LogP contribution in [-0.2, 0) is 17.8 Å². The van der Waals surface area contributed by atoms with Gasteiger partial charge in [-0.15, -0.1) is 12.4 Å². The van der Waals surface area contributed by atoms with Gasteiger partial charge in [0.2, 0.25) is 0 Å². The van der Waals surface area contributed by atoms with E-state index >= 15 is 0 Å². The Morgan fingerprint density at radius 3 is 3.07 bits per heavy atom. The zero-order valence-electron chi connectivity index (χ0n) is 7.31. The Bertz CT molecular complexity index is 353. The third-order valence-electron chi connectivity index (χ3n) is 2.37. The van der Waals surface area contributed by atoms with Crippen molar-refractivity contribution < 1.29 is 9.90 Å². The maximum absolute atomic E-state index is 10.7. The molecule has 4 nitrogen and oxygen atoms in total. The molecule has 0 saturated heterocycles. The van der Waals surface area contributed by atoms with Crippen LogP contribution >= 0.6 is 28.3 Å². The monoisotopic (exact) mass is 280 g/mol. The van der Waals surface area contributed by atoms with Crippen molar-refractivity contribution in [3.8, 4) is 0 Å². The number of halogens is 2. The molecular formula is C8H10BrClN2O2. The highest BCUT2D eigenvalue weighted by molar-refractivity contribution is 9.10. The number of hydrogen-bond donors (Lipinski definition) is 1. The summed E-state index contributed by atoms with van der Waals surface area (Å²) in [5.74, 6) is -0.113. The van der Waals surface area contributed by atoms with Gasteiger partial charge in [-0.1, -0.05) is 0 Å². The maximum Gasteiger partial charge on any atom is 0.307 e. The lowest BCUT2D eigenvalue weighted by Gasteiger charge is -2.20. The topological polar surface area (TPSA) is 55.1 Å². The molecule has 1 N–H and O–H groups in total. The Morgan fingerprint density at radius 2 is 2.43 bits per heavy atom. The van der Waals surface area contributed by atoms with Crippen LogP contribution in [0.1, 0.15) is 12.2 Å². The third kappa shape index (κ3) is 1.93. The van der Waals surface area contributed by atoms with E-state index < -0.39 is 5.97 Å². The fourth-order valence-electron chi connectivity index (χ4n) is 1.61. The molecule has 78 valence electrons. The SMILES string of the molecule is Cl.O=C(O)C1CCn2c(Br)cnc2C1. The second kappa shape index (κ2) is 4.31. The predicted octanol–water partition coefficient (Wildman–Crippen LogP) is 1.71. The molecule has 1 atom stereocenters. The van der Waals surface area contributed by atoms with Gasteiger partial charge in [-0.05, 0) is 22.4 Å². The molecule has 1 aliphatic rings. The number of rotatable bonds is 1. The average Bonchev–Trinajstić information content (AvgIpc) is 2.47. The highest BCUT2D eigenvalue weighted by Gasteiger charge is 2.25. The second-order valence-electron chi connectivity index (χ2n) is 3.18. The van der Waals surface area contributed by atoms with Gasteiger partial charge in [0, 0.05) is 13.0 Å². The molecule has 0 amide bonds. The van der Waals surface area contributed by atoms with Crippen molar-refractivity contribution in [3.05, 3.63) is 16.6 Å². The molecule has 6 heteroatoms. The highest BCUT2D eigenvalue weighted by atomic mass is 79.9. The number of hydrogen-bond acceptors (Lipinski definition) is 2. The fourth-order valence-corrected chi connectivity index (χ4v) is 2.09. The summed E-state index contributed by atoms with van der Waals surface area (Å²) in [5.41, 5.74) is 0. The minimum atomic E-state index is -0.717. The summed E-state index contributed by atoms with van der Waals surface area (Å²) < 4.78 is 2.95. The van der Waals surface area contributed by atoms with E-state index in [9.17, 15) is 4.79 Å². The number of carboxylic acids is 1. The lowest BCUT2D eigenvalue weighted by atomic mass is 9.98. The predicted molar refractivity (Wildman–Crippen MR) is 56.6 cm³/mol. The number of carboxylic acid groups (broad SMARTS) is 1. The van der Waals surface area contributed by atoms with Crippen molar-refractivity contribution in [2.75, 3.05) is 0 Å². The van der Waals surface area contributed by atoms with Crippen molar-refractivity contribution in [2.24, 2.45) is 5.92 Å². The van der Waals surface area contributed by atoms with Crippen molar-refractivity contribution in [1.82, 2.24) is 9.55 Å². The number of imidazole rings is 1. The Labute approximate surface area is 95.9 Å². The molecule has 2 rings (SSSR count). The molecule has 1 unspecified atom stereocenters. The fraction of sp³-hybridized carbons (Fsp3) is 0.500. The molecule has 0 saturated carbocycles. The second-order valence-corrected chi connectivity index (χ2v) is 3.99. The largest absolute Gasteiger partial charge is 0.481 e. The van der Waals surface area contributed by atoms with E-state index in [2.05, 4.69) is 20.9 Å². The van der Waals surface area contributed by atoms with Gasteiger partial charge >= 0.3 is 5.97 Å². The van der Waals surface area contributed by atoms with E-state index in [1.807, 2.05) is 4.57 Å². The number of fused-ring (bicyclic) bond motifs is 1. The van der Waals surface area contributed by atoms with Crippen LogP contribution in [0.4, 0.5) is 0 Å². The van der Waals surface area contributed by atoms with Gasteiger partial charge in [0.25, 0.3) is 0 Å². The summed E-state index contributed by atoms with van der Waals surface area (Å²) in [5, 5.41) is 8.82. The van der Waals surface area contributed by atoms with E-state index in [0.717, 1.165) is 17.0 Å². The van der Waals surface area contributed by atoms with Crippen LogP contribution < -0.4 is 0 Å². The highest BCUT2D eigenvalue weighted by Crippen LogP contribution is 2.23. The lowest BCUT2D eigenvalue weighted by Crippen LogP contribution is -2.25. The molecule has 1 aliphatic heterocycles. The van der Waals surface area contributed by atoms with Crippen LogP contribution in [0.25, 0.3) is 0 Å². The summed E-state index contributed by atoms with van der Waals surface area (Å²) in [7, 11) is 0. The molecule has 1 aromatic rings. The molecule has 1 aromatic heterocycles. The van der Waals surface area contributed by atoms with Crippen molar-refractivity contribution in [1.29, 1.82) is 0 Å². The molecule has 0 bridgehead atoms. The molecule has 0 aliphatic carbocycles. The van der Waals surface area contributed by atoms with Gasteiger partial charge in [-0.25, -0.2) is 4.98 Å². The summed E-state index contributed by atoms with van der Waals surface area (Å²) in [4.78, 5) is 14.9. The average molecular weight is 282 g/mol. The Balaban J connectivity index is 0.000000980. The first kappa shape index (κ1) is 11.5. The zero-order valence-corrected chi connectivity index (χ0v) is 9.71. The minimum Gasteiger partial charge on any atom is -0.481 e. The lowest BCUT2D eigenvalue weighted by molar-refractivity contribution is -0.142. The van der Waals surface area contributed by atoms with Crippen LogP contribution in [0.5, 0.6) is 0 Å². The number of aliphatic carboxylic acids is 1. The Hall–Kier alpha value is -0.550. The molecule has 14 heavy (non-hydrogen) atoms.